The maximum Gasteiger partial charge on any atom is 0.336 e. The second kappa shape index (κ2) is 17.7. The number of carbonyl (C=O) groups is 2. The second-order valence-corrected chi connectivity index (χ2v) is 20.0. The molecule has 58 heavy (non-hydrogen) atoms. The van der Waals surface area contributed by atoms with E-state index in [-0.39, 0.29) is 103 Å². The fourth-order valence-corrected chi connectivity index (χ4v) is 14.4. The number of nitrogens with two attached hydrogens (primary N) is 2. The predicted octanol–water partition coefficient (Wildman–Crippen LogP) is 0.943. The Morgan fingerprint density at radius 2 is 1.67 bits per heavy atom. The average molecular weight is 817 g/mol. The molecule has 0 aromatic heterocycles. The Kier molecular flexibility index (Phi) is 13.1. The number of carbonyl (C=O) groups excluding carboxylic acids is 2. The van der Waals surface area contributed by atoms with Gasteiger partial charge in [-0.05, 0) is 151 Å². The Balaban J connectivity index is 1.34. The monoisotopic (exact) mass is 817 g/mol. The molecule has 3 aliphatic carbocycles. The summed E-state index contributed by atoms with van der Waals surface area (Å²) in [5.74, 6) is -2.64. The minimum absolute atomic E-state index is 0.00223. The smallest absolute Gasteiger partial charge is 0.336 e. The maximum absolute atomic E-state index is 14.3. The van der Waals surface area contributed by atoms with E-state index < -0.39 is 72.6 Å². The zero-order valence-electron chi connectivity index (χ0n) is 34.6. The van der Waals surface area contributed by atoms with Gasteiger partial charge in [0.2, 0.25) is 0 Å². The molecule has 5 heterocycles. The zero-order valence-corrected chi connectivity index (χ0v) is 34.6. The van der Waals surface area contributed by atoms with E-state index in [2.05, 4.69) is 17.6 Å². The van der Waals surface area contributed by atoms with Gasteiger partial charge < -0.3 is 61.8 Å². The third-order valence-electron chi connectivity index (χ3n) is 17.2. The first kappa shape index (κ1) is 43.1. The summed E-state index contributed by atoms with van der Waals surface area (Å²) < 4.78 is 21.1. The van der Waals surface area contributed by atoms with Crippen molar-refractivity contribution in [3.05, 3.63) is 11.6 Å². The number of ether oxygens (including phenoxy) is 3. The Labute approximate surface area is 343 Å². The summed E-state index contributed by atoms with van der Waals surface area (Å²) >= 11 is 0. The molecule has 0 radical (unpaired) electrons. The van der Waals surface area contributed by atoms with Crippen LogP contribution >= 0.6 is 0 Å². The van der Waals surface area contributed by atoms with Crippen molar-refractivity contribution in [3.8, 4) is 0 Å². The fraction of sp³-hybridized carbons (Fsp3) is 0.909. The van der Waals surface area contributed by atoms with Crippen LogP contribution in [0.1, 0.15) is 90.9 Å². The van der Waals surface area contributed by atoms with Crippen molar-refractivity contribution in [1.82, 2.24) is 10.6 Å². The minimum Gasteiger partial charge on any atom is -0.456 e. The second-order valence-electron chi connectivity index (χ2n) is 20.0. The van der Waals surface area contributed by atoms with E-state index in [1.165, 1.54) is 0 Å². The fourth-order valence-electron chi connectivity index (χ4n) is 14.4. The third-order valence-corrected chi connectivity index (χ3v) is 17.2. The Morgan fingerprint density at radius 1 is 0.897 bits per heavy atom. The molecule has 21 unspecified atom stereocenters. The van der Waals surface area contributed by atoms with Gasteiger partial charge in [-0.15, -0.1) is 0 Å². The average Bonchev–Trinajstić information content (AvgIpc) is 3.25. The van der Waals surface area contributed by atoms with E-state index in [0.717, 1.165) is 64.3 Å². The lowest BCUT2D eigenvalue weighted by atomic mass is 9.50. The first-order valence-corrected chi connectivity index (χ1v) is 22.8. The lowest BCUT2D eigenvalue weighted by Gasteiger charge is -2.63. The number of nitrogens with one attached hydrogen (secondary N) is 2. The number of Topliss-reactive ketones (excluding diaryl/α,β-unsaturated/α-hetero) is 1. The van der Waals surface area contributed by atoms with E-state index in [4.69, 9.17) is 25.7 Å². The molecule has 8 fully saturated rings. The van der Waals surface area contributed by atoms with Crippen LogP contribution in [-0.4, -0.2) is 125 Å². The van der Waals surface area contributed by atoms with E-state index in [1.54, 1.807) is 13.0 Å². The van der Waals surface area contributed by atoms with E-state index in [1.807, 2.05) is 0 Å². The summed E-state index contributed by atoms with van der Waals surface area (Å²) in [6.45, 7) is 4.29. The number of ketones is 1. The lowest BCUT2D eigenvalue weighted by molar-refractivity contribution is -0.311. The van der Waals surface area contributed by atoms with Gasteiger partial charge in [-0.1, -0.05) is 6.08 Å². The molecule has 0 spiro atoms. The van der Waals surface area contributed by atoms with Crippen molar-refractivity contribution < 1.29 is 49.3 Å². The number of aliphatic hydroxyl groups excluding tert-OH is 5. The number of aliphatic hydroxyl groups is 5. The van der Waals surface area contributed by atoms with Crippen LogP contribution in [0.25, 0.3) is 0 Å². The van der Waals surface area contributed by atoms with Crippen molar-refractivity contribution in [2.75, 3.05) is 32.9 Å². The number of piperidine rings is 2. The summed E-state index contributed by atoms with van der Waals surface area (Å²) in [6, 6.07) is 0. The number of fused-ring (bicyclic) bond motifs is 5. The predicted molar refractivity (Wildman–Crippen MR) is 213 cm³/mol. The molecule has 0 amide bonds. The van der Waals surface area contributed by atoms with Crippen LogP contribution in [0.4, 0.5) is 0 Å². The highest BCUT2D eigenvalue weighted by Crippen LogP contribution is 2.61. The van der Waals surface area contributed by atoms with Crippen LogP contribution in [0.15, 0.2) is 11.6 Å². The van der Waals surface area contributed by atoms with Crippen molar-refractivity contribution in [3.63, 3.8) is 0 Å². The van der Waals surface area contributed by atoms with Crippen LogP contribution in [0.2, 0.25) is 0 Å². The topological polar surface area (TPSA) is 239 Å². The van der Waals surface area contributed by atoms with Gasteiger partial charge >= 0.3 is 5.97 Å². The van der Waals surface area contributed by atoms with Crippen molar-refractivity contribution in [2.24, 2.45) is 82.5 Å². The van der Waals surface area contributed by atoms with Crippen LogP contribution < -0.4 is 22.1 Å². The summed E-state index contributed by atoms with van der Waals surface area (Å²) in [4.78, 5) is 28.2. The number of hydrogen-bond donors (Lipinski definition) is 9. The molecule has 328 valence electrons. The van der Waals surface area contributed by atoms with Gasteiger partial charge in [-0.25, -0.2) is 4.79 Å². The molecule has 3 saturated carbocycles. The zero-order chi connectivity index (χ0) is 41.0. The molecular formula is C44H72N4O10. The molecule has 5 aliphatic heterocycles. The van der Waals surface area contributed by atoms with Gasteiger partial charge in [0, 0.05) is 24.9 Å². The summed E-state index contributed by atoms with van der Waals surface area (Å²) in [5, 5.41) is 63.3. The van der Waals surface area contributed by atoms with Crippen molar-refractivity contribution in [2.45, 2.75) is 145 Å². The molecule has 14 nitrogen and oxygen atoms in total. The molecule has 11 N–H and O–H groups in total. The third kappa shape index (κ3) is 7.77. The van der Waals surface area contributed by atoms with E-state index in [0.29, 0.717) is 13.0 Å². The molecule has 8 aliphatic rings. The molecule has 4 bridgehead atoms. The summed E-state index contributed by atoms with van der Waals surface area (Å²) in [5.41, 5.74) is 12.7. The van der Waals surface area contributed by atoms with Crippen molar-refractivity contribution >= 4 is 11.8 Å². The molecular weight excluding hydrogens is 745 g/mol. The van der Waals surface area contributed by atoms with E-state index in [9.17, 15) is 35.1 Å². The maximum atomic E-state index is 14.3. The van der Waals surface area contributed by atoms with Crippen LogP contribution in [0.3, 0.4) is 0 Å². The molecule has 14 heteroatoms. The van der Waals surface area contributed by atoms with Crippen LogP contribution in [0, 0.1) is 71.0 Å². The highest BCUT2D eigenvalue weighted by Gasteiger charge is 2.67. The number of hydrogen-bond acceptors (Lipinski definition) is 14. The van der Waals surface area contributed by atoms with Gasteiger partial charge in [0.1, 0.15) is 17.5 Å². The van der Waals surface area contributed by atoms with Gasteiger partial charge in [0.05, 0.1) is 67.6 Å². The van der Waals surface area contributed by atoms with Gasteiger partial charge in [-0.3, -0.25) is 4.79 Å². The Morgan fingerprint density at radius 3 is 2.38 bits per heavy atom. The highest BCUT2D eigenvalue weighted by atomic mass is 16.6. The first-order valence-electron chi connectivity index (χ1n) is 22.8. The van der Waals surface area contributed by atoms with Crippen molar-refractivity contribution in [1.29, 1.82) is 0 Å². The van der Waals surface area contributed by atoms with Crippen LogP contribution in [-0.2, 0) is 23.8 Å². The summed E-state index contributed by atoms with van der Waals surface area (Å²) in [6.07, 6.45) is 4.96. The first-order chi connectivity index (χ1) is 27.9. The Hall–Kier alpha value is -1.56. The molecule has 0 aromatic carbocycles. The SMILES string of the molecule is CC=C(CO)C(=O)OC1CC2C(O)C3C(=O)CC(CO)OC3C3C2OC1(C)C(CC1CCC(N)NC1)CC1CCC2CCC(O)CC2C(CO)C3C2CCNC(N)C12. The normalized spacial score (nSPS) is 50.9. The van der Waals surface area contributed by atoms with E-state index >= 15 is 0 Å². The minimum atomic E-state index is -1.17. The Bertz CT molecular complexity index is 1500. The summed E-state index contributed by atoms with van der Waals surface area (Å²) in [7, 11) is 0. The van der Waals surface area contributed by atoms with Gasteiger partial charge in [0.15, 0.2) is 0 Å². The van der Waals surface area contributed by atoms with Gasteiger partial charge in [-0.2, -0.15) is 0 Å². The lowest BCUT2D eigenvalue weighted by Crippen LogP contribution is -2.72. The molecule has 21 atom stereocenters. The van der Waals surface area contributed by atoms with Crippen LogP contribution in [0.5, 0.6) is 0 Å². The molecule has 5 saturated heterocycles. The standard InChI is InChI=1S/C44H72N4O10/c1-3-22(18-49)43(55)57-33-16-30-39(54)37-32(53)15-27(19-50)56-41(37)38-36-28-10-11-47-42(46)35(28)24(6-5-23-7-8-26(52)14-29(23)31(36)20-51)13-25(44(33,2)58-40(30)38)12-21-4-9-34(45)48-17-21/h3,21,23-31,33-42,47-52,54H,4-20,45-46H2,1-2H3. The highest BCUT2D eigenvalue weighted by molar-refractivity contribution is 5.88. The molecule has 0 aromatic rings. The number of rotatable bonds is 7. The largest absolute Gasteiger partial charge is 0.456 e. The molecule has 8 rings (SSSR count). The van der Waals surface area contributed by atoms with Gasteiger partial charge in [0.25, 0.3) is 0 Å². The number of allylic oxidation sites excluding steroid dienone is 1. The quantitative estimate of drug-likeness (QED) is 0.129. The number of esters is 1.